The molecule has 0 aliphatic rings. The first-order valence-electron chi connectivity index (χ1n) is 3.04. The molecule has 2 nitrogen and oxygen atoms in total. The number of hydrogen-bond donors (Lipinski definition) is 1. The lowest BCUT2D eigenvalue weighted by Gasteiger charge is -2.00. The van der Waals surface area contributed by atoms with Gasteiger partial charge in [0, 0.05) is 10.8 Å². The maximum atomic E-state index is 8.59. The SMILES string of the molecule is C/C(C#N)=C\S[C@@H](C)CO. The normalized spacial score (nSPS) is 14.4. The van der Waals surface area contributed by atoms with Gasteiger partial charge in [0.25, 0.3) is 0 Å². The van der Waals surface area contributed by atoms with Crippen molar-refractivity contribution in [2.24, 2.45) is 0 Å². The molecule has 1 N–H and O–H groups in total. The van der Waals surface area contributed by atoms with E-state index >= 15 is 0 Å². The van der Waals surface area contributed by atoms with Crippen LogP contribution in [0.3, 0.4) is 0 Å². The lowest BCUT2D eigenvalue weighted by molar-refractivity contribution is 0.300. The quantitative estimate of drug-likeness (QED) is 0.632. The van der Waals surface area contributed by atoms with Gasteiger partial charge in [-0.25, -0.2) is 0 Å². The largest absolute Gasteiger partial charge is 0.395 e. The van der Waals surface area contributed by atoms with Gasteiger partial charge in [0.2, 0.25) is 0 Å². The van der Waals surface area contributed by atoms with Gasteiger partial charge >= 0.3 is 0 Å². The van der Waals surface area contributed by atoms with Gasteiger partial charge in [-0.05, 0) is 12.3 Å². The van der Waals surface area contributed by atoms with Crippen LogP contribution < -0.4 is 0 Å². The van der Waals surface area contributed by atoms with E-state index in [-0.39, 0.29) is 11.9 Å². The highest BCUT2D eigenvalue weighted by Gasteiger charge is 1.96. The van der Waals surface area contributed by atoms with Crippen molar-refractivity contribution in [2.75, 3.05) is 6.61 Å². The Morgan fingerprint density at radius 1 is 1.90 bits per heavy atom. The summed E-state index contributed by atoms with van der Waals surface area (Å²) >= 11 is 1.47. The molecule has 56 valence electrons. The summed E-state index contributed by atoms with van der Waals surface area (Å²) in [6.07, 6.45) is 0. The van der Waals surface area contributed by atoms with E-state index in [1.54, 1.807) is 12.3 Å². The van der Waals surface area contributed by atoms with E-state index < -0.39 is 0 Å². The van der Waals surface area contributed by atoms with E-state index in [0.29, 0.717) is 5.57 Å². The van der Waals surface area contributed by atoms with Crippen LogP contribution in [-0.2, 0) is 0 Å². The smallest absolute Gasteiger partial charge is 0.0949 e. The number of rotatable bonds is 3. The molecule has 0 aromatic heterocycles. The summed E-state index contributed by atoms with van der Waals surface area (Å²) in [6, 6.07) is 2.00. The van der Waals surface area contributed by atoms with Crippen LogP contribution in [0.4, 0.5) is 0 Å². The number of nitrogens with zero attached hydrogens (tertiary/aromatic N) is 1. The fourth-order valence-corrected chi connectivity index (χ4v) is 0.863. The summed E-state index contributed by atoms with van der Waals surface area (Å²) in [6.45, 7) is 3.81. The maximum Gasteiger partial charge on any atom is 0.0949 e. The van der Waals surface area contributed by atoms with Gasteiger partial charge in [-0.3, -0.25) is 0 Å². The molecule has 0 spiro atoms. The number of allylic oxidation sites excluding steroid dienone is 1. The Bertz CT molecular complexity index is 159. The minimum atomic E-state index is 0.153. The minimum absolute atomic E-state index is 0.153. The second-order valence-electron chi connectivity index (χ2n) is 2.04. The van der Waals surface area contributed by atoms with Crippen LogP contribution in [-0.4, -0.2) is 17.0 Å². The Labute approximate surface area is 65.5 Å². The monoisotopic (exact) mass is 157 g/mol. The first-order valence-corrected chi connectivity index (χ1v) is 3.98. The summed E-state index contributed by atoms with van der Waals surface area (Å²) in [5, 5.41) is 18.9. The molecule has 0 rings (SSSR count). The molecule has 0 amide bonds. The topological polar surface area (TPSA) is 44.0 Å². The minimum Gasteiger partial charge on any atom is -0.395 e. The second-order valence-corrected chi connectivity index (χ2v) is 3.35. The average Bonchev–Trinajstić information content (AvgIpc) is 1.99. The van der Waals surface area contributed by atoms with E-state index in [2.05, 4.69) is 0 Å². The first kappa shape index (κ1) is 9.54. The zero-order valence-corrected chi connectivity index (χ0v) is 6.98. The molecular formula is C7H11NOS. The van der Waals surface area contributed by atoms with E-state index in [4.69, 9.17) is 10.4 Å². The molecule has 0 unspecified atom stereocenters. The number of aliphatic hydroxyl groups excluding tert-OH is 1. The summed E-state index contributed by atoms with van der Waals surface area (Å²) in [5.74, 6) is 0. The molecule has 0 heterocycles. The standard InChI is InChI=1S/C7H11NOS/c1-6(3-8)5-10-7(2)4-9/h5,7,9H,4H2,1-2H3/b6-5+/t7-/m0/s1. The van der Waals surface area contributed by atoms with E-state index in [9.17, 15) is 0 Å². The van der Waals surface area contributed by atoms with Crippen LogP contribution >= 0.6 is 11.8 Å². The van der Waals surface area contributed by atoms with Gasteiger partial charge in [0.1, 0.15) is 0 Å². The molecular weight excluding hydrogens is 146 g/mol. The van der Waals surface area contributed by atoms with E-state index in [1.165, 1.54) is 11.8 Å². The van der Waals surface area contributed by atoms with Crippen LogP contribution in [0.5, 0.6) is 0 Å². The predicted octanol–water partition coefficient (Wildman–Crippen LogP) is 1.53. The molecule has 0 saturated heterocycles. The zero-order valence-electron chi connectivity index (χ0n) is 6.16. The first-order chi connectivity index (χ1) is 4.70. The fourth-order valence-electron chi connectivity index (χ4n) is 0.288. The van der Waals surface area contributed by atoms with Crippen LogP contribution in [0.1, 0.15) is 13.8 Å². The Morgan fingerprint density at radius 2 is 2.50 bits per heavy atom. The van der Waals surface area contributed by atoms with Crippen molar-refractivity contribution >= 4 is 11.8 Å². The van der Waals surface area contributed by atoms with Crippen LogP contribution in [0.15, 0.2) is 11.0 Å². The Morgan fingerprint density at radius 3 is 2.90 bits per heavy atom. The molecule has 0 saturated carbocycles. The molecule has 0 radical (unpaired) electrons. The highest BCUT2D eigenvalue weighted by molar-refractivity contribution is 8.02. The third-order valence-electron chi connectivity index (χ3n) is 0.911. The van der Waals surface area contributed by atoms with Crippen molar-refractivity contribution in [3.8, 4) is 6.07 Å². The lowest BCUT2D eigenvalue weighted by Crippen LogP contribution is -1.99. The summed E-state index contributed by atoms with van der Waals surface area (Å²) in [7, 11) is 0. The highest BCUT2D eigenvalue weighted by Crippen LogP contribution is 2.12. The molecule has 1 atom stereocenters. The molecule has 3 heteroatoms. The summed E-state index contributed by atoms with van der Waals surface area (Å²) in [4.78, 5) is 0. The lowest BCUT2D eigenvalue weighted by atomic mass is 10.4. The van der Waals surface area contributed by atoms with Crippen LogP contribution in [0.2, 0.25) is 0 Å². The zero-order chi connectivity index (χ0) is 7.98. The average molecular weight is 157 g/mol. The number of aliphatic hydroxyl groups is 1. The van der Waals surface area contributed by atoms with Crippen molar-refractivity contribution in [3.63, 3.8) is 0 Å². The van der Waals surface area contributed by atoms with Crippen LogP contribution in [0, 0.1) is 11.3 Å². The Kier molecular flexibility index (Phi) is 5.09. The summed E-state index contributed by atoms with van der Waals surface area (Å²) < 4.78 is 0. The molecule has 10 heavy (non-hydrogen) atoms. The van der Waals surface area contributed by atoms with Crippen LogP contribution in [0.25, 0.3) is 0 Å². The van der Waals surface area contributed by atoms with Gasteiger partial charge in [-0.15, -0.1) is 11.8 Å². The number of thioether (sulfide) groups is 1. The second kappa shape index (κ2) is 5.33. The van der Waals surface area contributed by atoms with Crippen molar-refractivity contribution in [1.29, 1.82) is 5.26 Å². The molecule has 0 aliphatic carbocycles. The van der Waals surface area contributed by atoms with Gasteiger partial charge in [-0.2, -0.15) is 5.26 Å². The van der Waals surface area contributed by atoms with Crippen molar-refractivity contribution in [1.82, 2.24) is 0 Å². The molecule has 0 aromatic rings. The molecule has 0 bridgehead atoms. The number of hydrogen-bond acceptors (Lipinski definition) is 3. The van der Waals surface area contributed by atoms with Crippen molar-refractivity contribution in [2.45, 2.75) is 19.1 Å². The number of nitriles is 1. The van der Waals surface area contributed by atoms with Crippen molar-refractivity contribution in [3.05, 3.63) is 11.0 Å². The Balaban J connectivity index is 3.63. The maximum absolute atomic E-state index is 8.59. The Hall–Kier alpha value is -0.460. The van der Waals surface area contributed by atoms with E-state index in [0.717, 1.165) is 0 Å². The van der Waals surface area contributed by atoms with Gasteiger partial charge in [-0.1, -0.05) is 6.92 Å². The molecule has 0 aliphatic heterocycles. The predicted molar refractivity (Wildman–Crippen MR) is 43.5 cm³/mol. The van der Waals surface area contributed by atoms with Gasteiger partial charge < -0.3 is 5.11 Å². The van der Waals surface area contributed by atoms with Crippen molar-refractivity contribution < 1.29 is 5.11 Å². The summed E-state index contributed by atoms with van der Waals surface area (Å²) in [5.41, 5.74) is 0.685. The highest BCUT2D eigenvalue weighted by atomic mass is 32.2. The third kappa shape index (κ3) is 4.42. The van der Waals surface area contributed by atoms with E-state index in [1.807, 2.05) is 13.0 Å². The molecule has 0 fully saturated rings. The fraction of sp³-hybridized carbons (Fsp3) is 0.571. The molecule has 0 aromatic carbocycles. The van der Waals surface area contributed by atoms with Gasteiger partial charge in [0.15, 0.2) is 0 Å². The van der Waals surface area contributed by atoms with Gasteiger partial charge in [0.05, 0.1) is 12.7 Å². The third-order valence-corrected chi connectivity index (χ3v) is 2.01.